The Morgan fingerprint density at radius 3 is 2.52 bits per heavy atom. The predicted molar refractivity (Wildman–Crippen MR) is 123 cm³/mol. The van der Waals surface area contributed by atoms with Gasteiger partial charge in [-0.1, -0.05) is 25.2 Å². The lowest BCUT2D eigenvalue weighted by molar-refractivity contribution is -0.143. The number of benzene rings is 1. The number of thioether (sulfide) groups is 1. The number of carbonyl (C=O) groups is 3. The smallest absolute Gasteiger partial charge is 0.305 e. The van der Waals surface area contributed by atoms with Crippen molar-refractivity contribution in [3.8, 4) is 5.75 Å². The van der Waals surface area contributed by atoms with Crippen molar-refractivity contribution in [2.45, 2.75) is 36.0 Å². The molecule has 6 unspecified atom stereocenters. The average molecular weight is 486 g/mol. The number of nitrogens with one attached hydrogen (secondary N) is 2. The van der Waals surface area contributed by atoms with E-state index in [-0.39, 0.29) is 69.2 Å². The summed E-state index contributed by atoms with van der Waals surface area (Å²) in [5.74, 6) is -1.29. The maximum Gasteiger partial charge on any atom is 0.305 e. The van der Waals surface area contributed by atoms with Crippen molar-refractivity contribution in [1.29, 1.82) is 0 Å². The van der Waals surface area contributed by atoms with Gasteiger partial charge in [-0.3, -0.25) is 24.1 Å². The first-order valence-corrected chi connectivity index (χ1v) is 12.7. The first-order valence-electron chi connectivity index (χ1n) is 11.0. The van der Waals surface area contributed by atoms with E-state index in [1.165, 1.54) is 23.5 Å². The van der Waals surface area contributed by atoms with Gasteiger partial charge >= 0.3 is 4.87 Å². The number of rotatable bonds is 3. The number of nitrogens with zero attached hydrogens (tertiary/aromatic N) is 1. The minimum absolute atomic E-state index is 0.0624. The van der Waals surface area contributed by atoms with E-state index in [1.807, 2.05) is 0 Å². The Morgan fingerprint density at radius 1 is 1.15 bits per heavy atom. The number of anilines is 1. The first kappa shape index (κ1) is 21.0. The highest BCUT2D eigenvalue weighted by molar-refractivity contribution is 8.00. The highest BCUT2D eigenvalue weighted by atomic mass is 32.2. The summed E-state index contributed by atoms with van der Waals surface area (Å²) in [6.07, 6.45) is 0.839. The summed E-state index contributed by atoms with van der Waals surface area (Å²) in [6, 6.07) is 6.03. The number of hydrogen-bond acceptors (Lipinski definition) is 7. The molecule has 4 aliphatic rings. The van der Waals surface area contributed by atoms with Gasteiger partial charge in [0.25, 0.3) is 0 Å². The molecule has 3 fully saturated rings. The first-order chi connectivity index (χ1) is 15.7. The third-order valence-electron chi connectivity index (χ3n) is 7.94. The Morgan fingerprint density at radius 2 is 1.82 bits per heavy atom. The molecular weight excluding hydrogens is 462 g/mol. The molecule has 1 aromatic carbocycles. The van der Waals surface area contributed by atoms with Crippen molar-refractivity contribution in [3.63, 3.8) is 0 Å². The number of aromatic hydroxyl groups is 1. The van der Waals surface area contributed by atoms with Crippen LogP contribution in [0.3, 0.4) is 0 Å². The van der Waals surface area contributed by atoms with Gasteiger partial charge in [-0.15, -0.1) is 11.8 Å². The quantitative estimate of drug-likeness (QED) is 0.454. The molecule has 0 radical (unpaired) electrons. The Bertz CT molecular complexity index is 1250. The Hall–Kier alpha value is -2.59. The zero-order valence-corrected chi connectivity index (χ0v) is 19.7. The summed E-state index contributed by atoms with van der Waals surface area (Å²) in [5, 5.41) is 13.2. The van der Waals surface area contributed by atoms with E-state index in [4.69, 9.17) is 0 Å². The standard InChI is InChI=1S/C23H23N3O5S2/c1-23(2)16-11-7-12(17(16)32-19-18(23)33-22(31)25-19)15-14(11)20(29)26(21(15)30)8-13(28)24-9-3-5-10(27)6-4-9/h3-6,11-12,14-17,27H,7-8H2,1-2H3,(H,24,28)(H,25,31). The number of phenols is 1. The second kappa shape index (κ2) is 6.96. The van der Waals surface area contributed by atoms with E-state index in [0.717, 1.165) is 21.2 Å². The van der Waals surface area contributed by atoms with Crippen LogP contribution in [0.1, 0.15) is 25.1 Å². The van der Waals surface area contributed by atoms with E-state index in [2.05, 4.69) is 24.1 Å². The van der Waals surface area contributed by atoms with E-state index < -0.39 is 5.91 Å². The maximum absolute atomic E-state index is 13.4. The normalized spacial score (nSPS) is 33.1. The van der Waals surface area contributed by atoms with Crippen LogP contribution in [0.15, 0.2) is 34.1 Å². The zero-order chi connectivity index (χ0) is 23.2. The van der Waals surface area contributed by atoms with E-state index in [1.54, 1.807) is 23.9 Å². The average Bonchev–Trinajstić information content (AvgIpc) is 3.48. The maximum atomic E-state index is 13.4. The summed E-state index contributed by atoms with van der Waals surface area (Å²) in [6.45, 7) is 3.98. The summed E-state index contributed by atoms with van der Waals surface area (Å²) in [4.78, 5) is 56.4. The molecule has 0 spiro atoms. The Kier molecular flexibility index (Phi) is 4.42. The monoisotopic (exact) mass is 485 g/mol. The number of imide groups is 1. The Labute approximate surface area is 197 Å². The lowest BCUT2D eigenvalue weighted by atomic mass is 9.64. The summed E-state index contributed by atoms with van der Waals surface area (Å²) in [7, 11) is 0. The SMILES string of the molecule is CC1(C)c2sc(=O)[nH]c2SC2C3CC(C4C(=O)N(CC(=O)Nc5ccc(O)cc5)C(=O)C34)C21. The largest absolute Gasteiger partial charge is 0.508 e. The molecule has 33 heavy (non-hydrogen) atoms. The molecule has 1 saturated heterocycles. The van der Waals surface area contributed by atoms with Crippen molar-refractivity contribution in [3.05, 3.63) is 38.8 Å². The summed E-state index contributed by atoms with van der Waals surface area (Å²) >= 11 is 2.91. The van der Waals surface area contributed by atoms with Crippen molar-refractivity contribution in [2.75, 3.05) is 11.9 Å². The number of fused-ring (bicyclic) bond motifs is 9. The van der Waals surface area contributed by atoms with Crippen LogP contribution in [0.25, 0.3) is 0 Å². The van der Waals surface area contributed by atoms with Gasteiger partial charge in [-0.25, -0.2) is 0 Å². The topological polar surface area (TPSA) is 120 Å². The van der Waals surface area contributed by atoms with E-state index in [9.17, 15) is 24.3 Å². The van der Waals surface area contributed by atoms with Crippen LogP contribution < -0.4 is 10.2 Å². The van der Waals surface area contributed by atoms with Gasteiger partial charge in [0, 0.05) is 21.2 Å². The number of thiazole rings is 1. The lowest BCUT2D eigenvalue weighted by Gasteiger charge is -2.47. The van der Waals surface area contributed by atoms with Crippen LogP contribution in [0.5, 0.6) is 5.75 Å². The van der Waals surface area contributed by atoms with Gasteiger partial charge < -0.3 is 15.4 Å². The summed E-state index contributed by atoms with van der Waals surface area (Å²) < 4.78 is 0. The van der Waals surface area contributed by atoms with Gasteiger partial charge in [0.1, 0.15) is 12.3 Å². The molecule has 2 aliphatic carbocycles. The minimum atomic E-state index is -0.443. The summed E-state index contributed by atoms with van der Waals surface area (Å²) in [5.41, 5.74) is 0.230. The molecule has 2 aliphatic heterocycles. The zero-order valence-electron chi connectivity index (χ0n) is 18.0. The number of phenolic OH excluding ortho intramolecular Hbond substituents is 1. The molecule has 1 aromatic heterocycles. The van der Waals surface area contributed by atoms with Gasteiger partial charge in [-0.05, 0) is 48.4 Å². The van der Waals surface area contributed by atoms with Gasteiger partial charge in [0.2, 0.25) is 17.7 Å². The van der Waals surface area contributed by atoms with E-state index in [0.29, 0.717) is 5.69 Å². The molecule has 3 amide bonds. The highest BCUT2D eigenvalue weighted by Gasteiger charge is 2.70. The molecule has 2 saturated carbocycles. The number of aromatic amines is 1. The molecule has 172 valence electrons. The van der Waals surface area contributed by atoms with Crippen molar-refractivity contribution < 1.29 is 19.5 Å². The molecule has 6 rings (SSSR count). The fraction of sp³-hybridized carbons (Fsp3) is 0.478. The number of aromatic nitrogens is 1. The second-order valence-corrected chi connectivity index (χ2v) is 12.1. The van der Waals surface area contributed by atoms with Crippen LogP contribution in [0.4, 0.5) is 5.69 Å². The van der Waals surface area contributed by atoms with Crippen molar-refractivity contribution in [1.82, 2.24) is 9.88 Å². The number of amides is 3. The molecular formula is C23H23N3O5S2. The highest BCUT2D eigenvalue weighted by Crippen LogP contribution is 2.68. The number of likely N-dealkylation sites (tertiary alicyclic amines) is 1. The van der Waals surface area contributed by atoms with Crippen LogP contribution >= 0.6 is 23.1 Å². The third-order valence-corrected chi connectivity index (χ3v) is 10.7. The Balaban J connectivity index is 1.25. The van der Waals surface area contributed by atoms with Crippen LogP contribution in [0.2, 0.25) is 0 Å². The number of carbonyl (C=O) groups excluding carboxylic acids is 3. The molecule has 2 aromatic rings. The van der Waals surface area contributed by atoms with Gasteiger partial charge in [-0.2, -0.15) is 0 Å². The van der Waals surface area contributed by atoms with E-state index >= 15 is 0 Å². The third kappa shape index (κ3) is 2.89. The number of H-pyrrole nitrogens is 1. The van der Waals surface area contributed by atoms with Crippen LogP contribution in [-0.2, 0) is 19.8 Å². The fourth-order valence-electron chi connectivity index (χ4n) is 6.76. The fourth-order valence-corrected chi connectivity index (χ4v) is 9.91. The second-order valence-electron chi connectivity index (χ2n) is 9.98. The molecule has 10 heteroatoms. The van der Waals surface area contributed by atoms with Crippen molar-refractivity contribution >= 4 is 46.5 Å². The number of hydrogen-bond donors (Lipinski definition) is 3. The van der Waals surface area contributed by atoms with Gasteiger partial charge in [0.15, 0.2) is 0 Å². The molecule has 6 atom stereocenters. The molecule has 2 bridgehead atoms. The lowest BCUT2D eigenvalue weighted by Crippen LogP contribution is -2.48. The molecule has 3 N–H and O–H groups in total. The predicted octanol–water partition coefficient (Wildman–Crippen LogP) is 2.40. The van der Waals surface area contributed by atoms with Crippen molar-refractivity contribution in [2.24, 2.45) is 29.6 Å². The van der Waals surface area contributed by atoms with Crippen LogP contribution in [-0.4, -0.2) is 44.5 Å². The van der Waals surface area contributed by atoms with Gasteiger partial charge in [0.05, 0.1) is 16.9 Å². The minimum Gasteiger partial charge on any atom is -0.508 e. The molecule has 8 nitrogen and oxygen atoms in total. The molecule has 3 heterocycles. The van der Waals surface area contributed by atoms with Crippen LogP contribution in [0, 0.1) is 29.6 Å².